The van der Waals surface area contributed by atoms with Crippen molar-refractivity contribution in [1.29, 1.82) is 0 Å². The van der Waals surface area contributed by atoms with Crippen LogP contribution in [-0.2, 0) is 6.54 Å². The minimum Gasteiger partial charge on any atom is -0.378 e. The van der Waals surface area contributed by atoms with Crippen molar-refractivity contribution in [1.82, 2.24) is 10.2 Å². The first-order valence-corrected chi connectivity index (χ1v) is 6.95. The van der Waals surface area contributed by atoms with Gasteiger partial charge >= 0.3 is 0 Å². The maximum absolute atomic E-state index is 3.52. The third-order valence-electron chi connectivity index (χ3n) is 3.59. The van der Waals surface area contributed by atoms with Crippen LogP contribution in [0.3, 0.4) is 0 Å². The molecule has 0 radical (unpaired) electrons. The summed E-state index contributed by atoms with van der Waals surface area (Å²) in [6.07, 6.45) is 2.76. The summed E-state index contributed by atoms with van der Waals surface area (Å²) >= 11 is 0. The van der Waals surface area contributed by atoms with E-state index in [9.17, 15) is 0 Å². The maximum Gasteiger partial charge on any atom is 0.0361 e. The Balaban J connectivity index is 1.66. The molecule has 1 aromatic carbocycles. The van der Waals surface area contributed by atoms with Crippen molar-refractivity contribution in [2.45, 2.75) is 19.4 Å². The highest BCUT2D eigenvalue weighted by Gasteiger charge is 2.09. The molecule has 100 valence electrons. The molecule has 0 spiro atoms. The fourth-order valence-electron chi connectivity index (χ4n) is 2.39. The van der Waals surface area contributed by atoms with Gasteiger partial charge in [-0.2, -0.15) is 0 Å². The van der Waals surface area contributed by atoms with E-state index in [1.165, 1.54) is 43.7 Å². The molecule has 2 rings (SSSR count). The lowest BCUT2D eigenvalue weighted by Crippen LogP contribution is -2.29. The van der Waals surface area contributed by atoms with Crippen LogP contribution in [0, 0.1) is 0 Å². The highest BCUT2D eigenvalue weighted by Crippen LogP contribution is 2.12. The number of nitrogens with zero attached hydrogens (tertiary/aromatic N) is 2. The number of rotatable bonds is 6. The third kappa shape index (κ3) is 4.00. The molecule has 3 heteroatoms. The van der Waals surface area contributed by atoms with Crippen LogP contribution >= 0.6 is 0 Å². The zero-order valence-corrected chi connectivity index (χ0v) is 11.7. The molecule has 3 nitrogen and oxygen atoms in total. The Labute approximate surface area is 111 Å². The van der Waals surface area contributed by atoms with E-state index < -0.39 is 0 Å². The summed E-state index contributed by atoms with van der Waals surface area (Å²) in [6, 6.07) is 8.77. The van der Waals surface area contributed by atoms with Crippen molar-refractivity contribution >= 4 is 5.69 Å². The Morgan fingerprint density at radius 2 is 1.78 bits per heavy atom. The molecule has 0 aliphatic carbocycles. The van der Waals surface area contributed by atoms with Gasteiger partial charge in [0, 0.05) is 39.4 Å². The van der Waals surface area contributed by atoms with E-state index in [1.54, 1.807) is 0 Å². The number of nitrogens with one attached hydrogen (secondary N) is 1. The summed E-state index contributed by atoms with van der Waals surface area (Å²) in [5, 5.41) is 3.52. The van der Waals surface area contributed by atoms with Gasteiger partial charge in [0.05, 0.1) is 0 Å². The Hall–Kier alpha value is -1.06. The Bertz CT molecular complexity index is 339. The smallest absolute Gasteiger partial charge is 0.0361 e. The van der Waals surface area contributed by atoms with Gasteiger partial charge in [0.1, 0.15) is 0 Å². The van der Waals surface area contributed by atoms with Crippen molar-refractivity contribution in [3.63, 3.8) is 0 Å². The molecule has 18 heavy (non-hydrogen) atoms. The number of hydrogen-bond acceptors (Lipinski definition) is 3. The minimum atomic E-state index is 0.974. The molecule has 1 aliphatic rings. The molecule has 1 fully saturated rings. The standard InChI is InChI=1S/C15H25N3/c1-17(2)15-7-5-14(6-8-15)13-16-9-12-18-10-3-4-11-18/h5-8,16H,3-4,9-13H2,1-2H3. The summed E-state index contributed by atoms with van der Waals surface area (Å²) in [5.41, 5.74) is 2.62. The number of hydrogen-bond donors (Lipinski definition) is 1. The lowest BCUT2D eigenvalue weighted by Gasteiger charge is -2.15. The molecule has 1 heterocycles. The van der Waals surface area contributed by atoms with E-state index in [2.05, 4.69) is 53.5 Å². The summed E-state index contributed by atoms with van der Waals surface area (Å²) < 4.78 is 0. The monoisotopic (exact) mass is 247 g/mol. The van der Waals surface area contributed by atoms with Crippen LogP contribution in [0.25, 0.3) is 0 Å². The second-order valence-electron chi connectivity index (χ2n) is 5.29. The zero-order valence-electron chi connectivity index (χ0n) is 11.7. The molecule has 0 saturated carbocycles. The van der Waals surface area contributed by atoms with E-state index in [-0.39, 0.29) is 0 Å². The molecule has 0 unspecified atom stereocenters. The normalized spacial score (nSPS) is 16.1. The first-order valence-electron chi connectivity index (χ1n) is 6.95. The second-order valence-corrected chi connectivity index (χ2v) is 5.29. The zero-order chi connectivity index (χ0) is 12.8. The van der Waals surface area contributed by atoms with Crippen molar-refractivity contribution in [2.75, 3.05) is 45.2 Å². The molecule has 1 saturated heterocycles. The lowest BCUT2D eigenvalue weighted by molar-refractivity contribution is 0.335. The first kappa shape index (κ1) is 13.4. The van der Waals surface area contributed by atoms with Crippen LogP contribution in [0.2, 0.25) is 0 Å². The van der Waals surface area contributed by atoms with E-state index >= 15 is 0 Å². The highest BCUT2D eigenvalue weighted by atomic mass is 15.1. The van der Waals surface area contributed by atoms with E-state index in [0.717, 1.165) is 13.1 Å². The van der Waals surface area contributed by atoms with Crippen LogP contribution in [0.5, 0.6) is 0 Å². The first-order chi connectivity index (χ1) is 8.75. The largest absolute Gasteiger partial charge is 0.378 e. The minimum absolute atomic E-state index is 0.974. The molecule has 0 bridgehead atoms. The Morgan fingerprint density at radius 3 is 2.39 bits per heavy atom. The lowest BCUT2D eigenvalue weighted by atomic mass is 10.2. The predicted octanol–water partition coefficient (Wildman–Crippen LogP) is 1.94. The number of likely N-dealkylation sites (tertiary alicyclic amines) is 1. The molecular formula is C15H25N3. The van der Waals surface area contributed by atoms with E-state index in [0.29, 0.717) is 0 Å². The van der Waals surface area contributed by atoms with Crippen LogP contribution in [-0.4, -0.2) is 45.2 Å². The van der Waals surface area contributed by atoms with Crippen molar-refractivity contribution in [2.24, 2.45) is 0 Å². The van der Waals surface area contributed by atoms with Gasteiger partial charge in [-0.3, -0.25) is 0 Å². The predicted molar refractivity (Wildman–Crippen MR) is 78.1 cm³/mol. The van der Waals surface area contributed by atoms with Crippen molar-refractivity contribution in [3.05, 3.63) is 29.8 Å². The summed E-state index contributed by atoms with van der Waals surface area (Å²) in [7, 11) is 4.15. The quantitative estimate of drug-likeness (QED) is 0.775. The van der Waals surface area contributed by atoms with Crippen LogP contribution in [0.1, 0.15) is 18.4 Å². The Morgan fingerprint density at radius 1 is 1.11 bits per heavy atom. The van der Waals surface area contributed by atoms with Gasteiger partial charge in [-0.05, 0) is 43.6 Å². The summed E-state index contributed by atoms with van der Waals surface area (Å²) in [4.78, 5) is 4.67. The molecule has 0 atom stereocenters. The molecule has 1 aromatic rings. The topological polar surface area (TPSA) is 18.5 Å². The van der Waals surface area contributed by atoms with Gasteiger partial charge < -0.3 is 15.1 Å². The molecule has 0 aromatic heterocycles. The average molecular weight is 247 g/mol. The van der Waals surface area contributed by atoms with E-state index in [1.807, 2.05) is 0 Å². The summed E-state index contributed by atoms with van der Waals surface area (Å²) in [6.45, 7) is 5.84. The van der Waals surface area contributed by atoms with Crippen molar-refractivity contribution < 1.29 is 0 Å². The fourth-order valence-corrected chi connectivity index (χ4v) is 2.39. The van der Waals surface area contributed by atoms with Gasteiger partial charge in [-0.15, -0.1) is 0 Å². The molecule has 1 N–H and O–H groups in total. The highest BCUT2D eigenvalue weighted by molar-refractivity contribution is 5.45. The Kier molecular flexibility index (Phi) is 5.02. The molecular weight excluding hydrogens is 222 g/mol. The number of benzene rings is 1. The van der Waals surface area contributed by atoms with Gasteiger partial charge in [0.2, 0.25) is 0 Å². The summed E-state index contributed by atoms with van der Waals surface area (Å²) in [5.74, 6) is 0. The third-order valence-corrected chi connectivity index (χ3v) is 3.59. The van der Waals surface area contributed by atoms with Crippen LogP contribution < -0.4 is 10.2 Å². The maximum atomic E-state index is 3.52. The second kappa shape index (κ2) is 6.76. The average Bonchev–Trinajstić information content (AvgIpc) is 2.88. The van der Waals surface area contributed by atoms with Crippen LogP contribution in [0.15, 0.2) is 24.3 Å². The molecule has 1 aliphatic heterocycles. The van der Waals surface area contributed by atoms with Gasteiger partial charge in [0.15, 0.2) is 0 Å². The number of anilines is 1. The van der Waals surface area contributed by atoms with Gasteiger partial charge in [-0.25, -0.2) is 0 Å². The fraction of sp³-hybridized carbons (Fsp3) is 0.600. The van der Waals surface area contributed by atoms with Gasteiger partial charge in [0.25, 0.3) is 0 Å². The van der Waals surface area contributed by atoms with Gasteiger partial charge in [-0.1, -0.05) is 12.1 Å². The van der Waals surface area contributed by atoms with E-state index in [4.69, 9.17) is 0 Å². The SMILES string of the molecule is CN(C)c1ccc(CNCCN2CCCC2)cc1. The molecule has 0 amide bonds. The van der Waals surface area contributed by atoms with Crippen molar-refractivity contribution in [3.8, 4) is 0 Å². The van der Waals surface area contributed by atoms with Crippen LogP contribution in [0.4, 0.5) is 5.69 Å².